The van der Waals surface area contributed by atoms with Gasteiger partial charge in [0.2, 0.25) is 5.91 Å². The number of piperazine rings is 1. The van der Waals surface area contributed by atoms with Crippen molar-refractivity contribution >= 4 is 57.3 Å². The molecule has 212 valence electrons. The summed E-state index contributed by atoms with van der Waals surface area (Å²) in [5, 5.41) is 2.30. The van der Waals surface area contributed by atoms with Gasteiger partial charge in [-0.2, -0.15) is 18.2 Å². The second-order valence-electron chi connectivity index (χ2n) is 10.9. The van der Waals surface area contributed by atoms with E-state index in [4.69, 9.17) is 11.6 Å². The van der Waals surface area contributed by atoms with Crippen molar-refractivity contribution in [2.24, 2.45) is 11.8 Å². The second kappa shape index (κ2) is 10.1. The van der Waals surface area contributed by atoms with E-state index in [2.05, 4.69) is 11.6 Å². The number of hydrogen-bond acceptors (Lipinski definition) is 6. The summed E-state index contributed by atoms with van der Waals surface area (Å²) in [5.74, 6) is 1.28. The van der Waals surface area contributed by atoms with Crippen LogP contribution in [0.1, 0.15) is 32.3 Å². The van der Waals surface area contributed by atoms with Gasteiger partial charge in [0, 0.05) is 63.6 Å². The summed E-state index contributed by atoms with van der Waals surface area (Å²) >= 11 is 8.75. The minimum Gasteiger partial charge on any atom is -0.352 e. The SMILES string of the molecule is C=CC(=O)N1[C@H](C)CN(c2nc(=O)n3c4c(c(-c5cc(Cl)cs5)c(C(F)(F)F)cc24)SC[C@H](C2CC2)C3)C[C@@H]1C. The van der Waals surface area contributed by atoms with Crippen LogP contribution >= 0.6 is 34.7 Å². The van der Waals surface area contributed by atoms with E-state index >= 15 is 0 Å². The molecule has 2 aromatic heterocycles. The molecule has 6 rings (SSSR count). The summed E-state index contributed by atoms with van der Waals surface area (Å²) in [6, 6.07) is 2.21. The van der Waals surface area contributed by atoms with E-state index in [0.717, 1.165) is 18.9 Å². The maximum Gasteiger partial charge on any atom is 0.417 e. The summed E-state index contributed by atoms with van der Waals surface area (Å²) in [4.78, 5) is 35.0. The van der Waals surface area contributed by atoms with Gasteiger partial charge in [-0.05, 0) is 56.7 Å². The quantitative estimate of drug-likeness (QED) is 0.315. The number of halogens is 4. The summed E-state index contributed by atoms with van der Waals surface area (Å²) in [5.41, 5.74) is -0.648. The summed E-state index contributed by atoms with van der Waals surface area (Å²) in [6.07, 6.45) is -1.25. The molecule has 40 heavy (non-hydrogen) atoms. The minimum atomic E-state index is -4.65. The molecule has 3 aliphatic rings. The van der Waals surface area contributed by atoms with E-state index in [-0.39, 0.29) is 35.3 Å². The van der Waals surface area contributed by atoms with Gasteiger partial charge in [0.15, 0.2) is 0 Å². The number of thiophene rings is 1. The third kappa shape index (κ3) is 4.73. The number of carbonyl (C=O) groups is 1. The lowest BCUT2D eigenvalue weighted by atomic mass is 10.00. The number of alkyl halides is 3. The molecule has 0 N–H and O–H groups in total. The van der Waals surface area contributed by atoms with E-state index < -0.39 is 17.4 Å². The number of rotatable bonds is 4. The molecule has 1 amide bonds. The summed E-state index contributed by atoms with van der Waals surface area (Å²) < 4.78 is 45.9. The van der Waals surface area contributed by atoms with Crippen molar-refractivity contribution in [3.63, 3.8) is 0 Å². The molecule has 0 radical (unpaired) electrons. The third-order valence-electron chi connectivity index (χ3n) is 8.11. The Morgan fingerprint density at radius 1 is 1.15 bits per heavy atom. The van der Waals surface area contributed by atoms with Crippen molar-refractivity contribution < 1.29 is 18.0 Å². The average Bonchev–Trinajstić information content (AvgIpc) is 3.67. The molecular weight excluding hydrogens is 581 g/mol. The normalized spacial score (nSPS) is 23.4. The average molecular weight is 609 g/mol. The Balaban J connectivity index is 1.61. The Kier molecular flexibility index (Phi) is 6.98. The minimum absolute atomic E-state index is 0.0757. The van der Waals surface area contributed by atoms with Crippen LogP contribution in [0.3, 0.4) is 0 Å². The van der Waals surface area contributed by atoms with E-state index in [0.29, 0.717) is 57.0 Å². The Morgan fingerprint density at radius 3 is 2.42 bits per heavy atom. The first kappa shape index (κ1) is 27.7. The van der Waals surface area contributed by atoms with Crippen LogP contribution in [-0.4, -0.2) is 51.3 Å². The molecular formula is C28H28ClF3N4O2S2. The monoisotopic (exact) mass is 608 g/mol. The van der Waals surface area contributed by atoms with Gasteiger partial charge in [0.05, 0.1) is 16.1 Å². The Labute approximate surface area is 242 Å². The van der Waals surface area contributed by atoms with Crippen LogP contribution in [0.5, 0.6) is 0 Å². The molecule has 0 bridgehead atoms. The highest BCUT2D eigenvalue weighted by atomic mass is 35.5. The largest absolute Gasteiger partial charge is 0.417 e. The highest BCUT2D eigenvalue weighted by Gasteiger charge is 2.41. The molecule has 4 heterocycles. The number of benzene rings is 1. The zero-order chi connectivity index (χ0) is 28.5. The number of aromatic nitrogens is 2. The van der Waals surface area contributed by atoms with Crippen molar-refractivity contribution in [3.8, 4) is 10.4 Å². The molecule has 1 saturated carbocycles. The van der Waals surface area contributed by atoms with Crippen molar-refractivity contribution in [2.75, 3.05) is 23.7 Å². The molecule has 6 nitrogen and oxygen atoms in total. The molecule has 12 heteroatoms. The van der Waals surface area contributed by atoms with Crippen molar-refractivity contribution in [1.82, 2.24) is 14.5 Å². The first-order chi connectivity index (χ1) is 19.0. The predicted octanol–water partition coefficient (Wildman–Crippen LogP) is 6.54. The smallest absolute Gasteiger partial charge is 0.352 e. The molecule has 1 saturated heterocycles. The van der Waals surface area contributed by atoms with E-state index in [1.165, 1.54) is 29.2 Å². The maximum atomic E-state index is 14.8. The second-order valence-corrected chi connectivity index (χ2v) is 13.3. The fourth-order valence-electron chi connectivity index (χ4n) is 6.22. The molecule has 0 unspecified atom stereocenters. The van der Waals surface area contributed by atoms with Crippen LogP contribution in [0.15, 0.2) is 39.9 Å². The van der Waals surface area contributed by atoms with Crippen molar-refractivity contribution in [1.29, 1.82) is 0 Å². The van der Waals surface area contributed by atoms with Crippen LogP contribution < -0.4 is 10.6 Å². The molecule has 2 aliphatic heterocycles. The Bertz CT molecular complexity index is 1570. The Morgan fingerprint density at radius 2 is 1.85 bits per heavy atom. The van der Waals surface area contributed by atoms with Gasteiger partial charge in [-0.1, -0.05) is 18.2 Å². The summed E-state index contributed by atoms with van der Waals surface area (Å²) in [6.45, 7) is 8.43. The van der Waals surface area contributed by atoms with Gasteiger partial charge < -0.3 is 9.80 Å². The number of anilines is 1. The van der Waals surface area contributed by atoms with Crippen LogP contribution in [-0.2, 0) is 17.5 Å². The van der Waals surface area contributed by atoms with Crippen molar-refractivity contribution in [3.05, 3.63) is 51.2 Å². The number of hydrogen-bond donors (Lipinski definition) is 0. The molecule has 3 aromatic rings. The maximum absolute atomic E-state index is 14.8. The lowest BCUT2D eigenvalue weighted by Crippen LogP contribution is -2.58. The molecule has 2 fully saturated rings. The Hall–Kier alpha value is -2.50. The first-order valence-electron chi connectivity index (χ1n) is 13.2. The van der Waals surface area contributed by atoms with E-state index in [1.807, 2.05) is 18.7 Å². The van der Waals surface area contributed by atoms with Crippen LogP contribution in [0.2, 0.25) is 5.02 Å². The van der Waals surface area contributed by atoms with Gasteiger partial charge in [-0.3, -0.25) is 9.36 Å². The zero-order valence-electron chi connectivity index (χ0n) is 22.0. The number of amides is 1. The molecule has 3 atom stereocenters. The molecule has 1 aromatic carbocycles. The molecule has 1 aliphatic carbocycles. The van der Waals surface area contributed by atoms with Gasteiger partial charge in [0.25, 0.3) is 0 Å². The predicted molar refractivity (Wildman–Crippen MR) is 154 cm³/mol. The van der Waals surface area contributed by atoms with Crippen LogP contribution in [0.25, 0.3) is 21.3 Å². The number of thioether (sulfide) groups is 1. The van der Waals surface area contributed by atoms with Gasteiger partial charge >= 0.3 is 11.9 Å². The lowest BCUT2D eigenvalue weighted by Gasteiger charge is -2.44. The fraction of sp³-hybridized carbons (Fsp3) is 0.464. The van der Waals surface area contributed by atoms with E-state index in [9.17, 15) is 22.8 Å². The number of carbonyl (C=O) groups excluding carboxylic acids is 1. The van der Waals surface area contributed by atoms with Crippen molar-refractivity contribution in [2.45, 2.75) is 56.4 Å². The topological polar surface area (TPSA) is 58.4 Å². The van der Waals surface area contributed by atoms with E-state index in [1.54, 1.807) is 20.9 Å². The fourth-order valence-corrected chi connectivity index (χ4v) is 8.91. The number of nitrogens with zero attached hydrogens (tertiary/aromatic N) is 4. The standard InChI is InChI=1S/C28H28ClF3N4O2S2/c1-4-22(37)36-14(2)9-34(10-15(36)3)26-19-8-20(28(30,31)32)23(21-7-18(29)13-39-21)25-24(19)35(27(38)33-26)11-17(12-40-25)16-5-6-16/h4,7-8,13-17H,1,5-6,9-12H2,2-3H3/t14-,15+,17-/m1/s1. The van der Waals surface area contributed by atoms with Crippen LogP contribution in [0, 0.1) is 11.8 Å². The van der Waals surface area contributed by atoms with Crippen LogP contribution in [0.4, 0.5) is 19.0 Å². The lowest BCUT2D eigenvalue weighted by molar-refractivity contribution is -0.137. The highest BCUT2D eigenvalue weighted by molar-refractivity contribution is 7.99. The highest BCUT2D eigenvalue weighted by Crippen LogP contribution is 2.51. The molecule has 0 spiro atoms. The van der Waals surface area contributed by atoms with Gasteiger partial charge in [-0.15, -0.1) is 23.1 Å². The van der Waals surface area contributed by atoms with Gasteiger partial charge in [-0.25, -0.2) is 4.79 Å². The first-order valence-corrected chi connectivity index (χ1v) is 15.5. The zero-order valence-corrected chi connectivity index (χ0v) is 24.4. The van der Waals surface area contributed by atoms with Gasteiger partial charge in [0.1, 0.15) is 5.82 Å². The third-order valence-corrected chi connectivity index (χ3v) is 10.7. The summed E-state index contributed by atoms with van der Waals surface area (Å²) in [7, 11) is 0.